The summed E-state index contributed by atoms with van der Waals surface area (Å²) < 4.78 is 21.7. The molecule has 6 nitrogen and oxygen atoms in total. The van der Waals surface area contributed by atoms with Crippen LogP contribution in [0, 0.1) is 0 Å². The highest BCUT2D eigenvalue weighted by atomic mass is 16.6. The summed E-state index contributed by atoms with van der Waals surface area (Å²) in [6.07, 6.45) is -1.72. The van der Waals surface area contributed by atoms with Crippen molar-refractivity contribution < 1.29 is 28.8 Å². The summed E-state index contributed by atoms with van der Waals surface area (Å²) in [5.41, 5.74) is 0.573. The molecule has 0 unspecified atom stereocenters. The van der Waals surface area contributed by atoms with E-state index >= 15 is 0 Å². The first kappa shape index (κ1) is 15.4. The Bertz CT molecular complexity index is 754. The van der Waals surface area contributed by atoms with Gasteiger partial charge in [0, 0.05) is 10.9 Å². The monoisotopic (exact) mass is 318 g/mol. The Labute approximate surface area is 133 Å². The highest BCUT2D eigenvalue weighted by Gasteiger charge is 2.37. The molecule has 2 atom stereocenters. The van der Waals surface area contributed by atoms with Crippen molar-refractivity contribution in [2.75, 3.05) is 21.3 Å². The van der Waals surface area contributed by atoms with E-state index in [1.165, 1.54) is 7.11 Å². The minimum absolute atomic E-state index is 0.0354. The van der Waals surface area contributed by atoms with E-state index in [1.807, 2.05) is 18.2 Å². The molecule has 3 rings (SSSR count). The number of aliphatic hydroxyl groups is 1. The average molecular weight is 318 g/mol. The van der Waals surface area contributed by atoms with Crippen LogP contribution in [0.3, 0.4) is 0 Å². The van der Waals surface area contributed by atoms with E-state index in [0.29, 0.717) is 22.8 Å². The summed E-state index contributed by atoms with van der Waals surface area (Å²) in [4.78, 5) is 11.5. The Hall–Kier alpha value is -2.47. The van der Waals surface area contributed by atoms with E-state index in [0.717, 1.165) is 10.8 Å². The van der Waals surface area contributed by atoms with Gasteiger partial charge in [0.05, 0.1) is 33.1 Å². The van der Waals surface area contributed by atoms with Gasteiger partial charge >= 0.3 is 5.97 Å². The number of esters is 1. The number of fused-ring (bicyclic) bond motifs is 1. The Morgan fingerprint density at radius 1 is 1.13 bits per heavy atom. The lowest BCUT2D eigenvalue weighted by atomic mass is 9.97. The molecule has 2 aromatic rings. The molecule has 1 aliphatic heterocycles. The Morgan fingerprint density at radius 2 is 1.87 bits per heavy atom. The molecule has 1 aliphatic rings. The van der Waals surface area contributed by atoms with Crippen LogP contribution < -0.4 is 14.2 Å². The minimum atomic E-state index is -0.913. The smallest absolute Gasteiger partial charge is 0.309 e. The topological polar surface area (TPSA) is 74.2 Å². The molecule has 6 heteroatoms. The molecule has 0 aromatic heterocycles. The number of cyclic esters (lactones) is 1. The fourth-order valence-corrected chi connectivity index (χ4v) is 3.00. The third kappa shape index (κ3) is 2.45. The van der Waals surface area contributed by atoms with Gasteiger partial charge in [-0.25, -0.2) is 0 Å². The van der Waals surface area contributed by atoms with Gasteiger partial charge < -0.3 is 24.1 Å². The van der Waals surface area contributed by atoms with Crippen molar-refractivity contribution in [1.29, 1.82) is 0 Å². The maximum atomic E-state index is 11.5. The summed E-state index contributed by atoms with van der Waals surface area (Å²) in [5, 5.41) is 11.6. The maximum Gasteiger partial charge on any atom is 0.309 e. The second kappa shape index (κ2) is 5.96. The van der Waals surface area contributed by atoms with E-state index in [1.54, 1.807) is 20.3 Å². The second-order valence-corrected chi connectivity index (χ2v) is 5.27. The van der Waals surface area contributed by atoms with Crippen LogP contribution in [0.25, 0.3) is 10.8 Å². The zero-order chi connectivity index (χ0) is 16.6. The summed E-state index contributed by atoms with van der Waals surface area (Å²) in [7, 11) is 4.67. The number of rotatable bonds is 4. The van der Waals surface area contributed by atoms with Crippen molar-refractivity contribution in [3.63, 3.8) is 0 Å². The van der Waals surface area contributed by atoms with Crippen LogP contribution in [-0.4, -0.2) is 38.5 Å². The van der Waals surface area contributed by atoms with Crippen molar-refractivity contribution in [2.45, 2.75) is 18.6 Å². The van der Waals surface area contributed by atoms with Crippen molar-refractivity contribution in [3.05, 3.63) is 29.8 Å². The first-order valence-electron chi connectivity index (χ1n) is 7.19. The van der Waals surface area contributed by atoms with Crippen LogP contribution in [0.5, 0.6) is 17.2 Å². The fourth-order valence-electron chi connectivity index (χ4n) is 3.00. The molecule has 1 fully saturated rings. The minimum Gasteiger partial charge on any atom is -0.496 e. The van der Waals surface area contributed by atoms with Gasteiger partial charge in [-0.05, 0) is 12.1 Å². The summed E-state index contributed by atoms with van der Waals surface area (Å²) in [6.45, 7) is 0. The number of benzene rings is 2. The van der Waals surface area contributed by atoms with Crippen molar-refractivity contribution in [1.82, 2.24) is 0 Å². The molecule has 1 saturated heterocycles. The summed E-state index contributed by atoms with van der Waals surface area (Å²) >= 11 is 0. The van der Waals surface area contributed by atoms with Gasteiger partial charge in [0.2, 0.25) is 0 Å². The fraction of sp³-hybridized carbons (Fsp3) is 0.353. The quantitative estimate of drug-likeness (QED) is 0.871. The van der Waals surface area contributed by atoms with Gasteiger partial charge in [-0.1, -0.05) is 12.1 Å². The van der Waals surface area contributed by atoms with Crippen molar-refractivity contribution >= 4 is 16.7 Å². The number of carbonyl (C=O) groups excluding carboxylic acids is 1. The number of hydrogen-bond donors (Lipinski definition) is 1. The normalized spacial score (nSPS) is 20.4. The molecule has 1 N–H and O–H groups in total. The largest absolute Gasteiger partial charge is 0.496 e. The average Bonchev–Trinajstić information content (AvgIpc) is 2.90. The number of ether oxygens (including phenoxy) is 4. The third-order valence-corrected chi connectivity index (χ3v) is 4.00. The van der Waals surface area contributed by atoms with E-state index in [2.05, 4.69) is 0 Å². The first-order chi connectivity index (χ1) is 11.1. The lowest BCUT2D eigenvalue weighted by molar-refractivity contribution is -0.142. The van der Waals surface area contributed by atoms with Crippen LogP contribution in [0.2, 0.25) is 0 Å². The molecule has 0 aliphatic carbocycles. The van der Waals surface area contributed by atoms with Gasteiger partial charge in [-0.3, -0.25) is 4.79 Å². The van der Waals surface area contributed by atoms with Crippen LogP contribution in [0.15, 0.2) is 24.3 Å². The predicted octanol–water partition coefficient (Wildman–Crippen LogP) is 2.21. The van der Waals surface area contributed by atoms with Crippen LogP contribution in [0.4, 0.5) is 0 Å². The SMILES string of the molecule is COc1c([C@@H]2OC(=O)C[C@@H]2O)cc(OC)c2c(OC)cccc12. The van der Waals surface area contributed by atoms with E-state index in [9.17, 15) is 9.90 Å². The molecule has 0 bridgehead atoms. The molecule has 1 heterocycles. The Kier molecular flexibility index (Phi) is 4.00. The Balaban J connectivity index is 2.29. The molecule has 0 saturated carbocycles. The van der Waals surface area contributed by atoms with Gasteiger partial charge in [0.25, 0.3) is 0 Å². The molecule has 23 heavy (non-hydrogen) atoms. The highest BCUT2D eigenvalue weighted by Crippen LogP contribution is 2.46. The van der Waals surface area contributed by atoms with Crippen molar-refractivity contribution in [3.8, 4) is 17.2 Å². The lowest BCUT2D eigenvalue weighted by Crippen LogP contribution is -2.13. The van der Waals surface area contributed by atoms with E-state index in [-0.39, 0.29) is 6.42 Å². The Morgan fingerprint density at radius 3 is 2.43 bits per heavy atom. The number of hydrogen-bond acceptors (Lipinski definition) is 6. The van der Waals surface area contributed by atoms with E-state index in [4.69, 9.17) is 18.9 Å². The van der Waals surface area contributed by atoms with Gasteiger partial charge in [0.1, 0.15) is 23.4 Å². The molecule has 0 spiro atoms. The molecular weight excluding hydrogens is 300 g/mol. The maximum absolute atomic E-state index is 11.5. The van der Waals surface area contributed by atoms with E-state index < -0.39 is 18.2 Å². The molecule has 122 valence electrons. The number of carbonyl (C=O) groups is 1. The predicted molar refractivity (Wildman–Crippen MR) is 83.1 cm³/mol. The van der Waals surface area contributed by atoms with Crippen LogP contribution in [0.1, 0.15) is 18.1 Å². The van der Waals surface area contributed by atoms with Gasteiger partial charge in [0.15, 0.2) is 6.10 Å². The molecule has 0 radical (unpaired) electrons. The number of methoxy groups -OCH3 is 3. The van der Waals surface area contributed by atoms with Crippen LogP contribution in [-0.2, 0) is 9.53 Å². The van der Waals surface area contributed by atoms with Crippen LogP contribution >= 0.6 is 0 Å². The highest BCUT2D eigenvalue weighted by molar-refractivity contribution is 5.99. The van der Waals surface area contributed by atoms with Gasteiger partial charge in [-0.15, -0.1) is 0 Å². The molecule has 2 aromatic carbocycles. The van der Waals surface area contributed by atoms with Crippen molar-refractivity contribution in [2.24, 2.45) is 0 Å². The van der Waals surface area contributed by atoms with Gasteiger partial charge in [-0.2, -0.15) is 0 Å². The molecule has 0 amide bonds. The first-order valence-corrected chi connectivity index (χ1v) is 7.19. The third-order valence-electron chi connectivity index (χ3n) is 4.00. The zero-order valence-corrected chi connectivity index (χ0v) is 13.2. The molecular formula is C17H18O6. The standard InChI is InChI=1S/C17H18O6/c1-20-12-6-4-5-9-15(12)13(21-2)7-10(16(9)22-3)17-11(18)8-14(19)23-17/h4-7,11,17-18H,8H2,1-3H3/t11-,17-/m0/s1. The lowest BCUT2D eigenvalue weighted by Gasteiger charge is -2.21. The summed E-state index contributed by atoms with van der Waals surface area (Å²) in [6, 6.07) is 7.25. The second-order valence-electron chi connectivity index (χ2n) is 5.27. The number of aliphatic hydroxyl groups excluding tert-OH is 1. The summed E-state index contributed by atoms with van der Waals surface area (Å²) in [5.74, 6) is 1.30. The zero-order valence-electron chi connectivity index (χ0n) is 13.2.